The van der Waals surface area contributed by atoms with Crippen LogP contribution < -0.4 is 5.32 Å². The van der Waals surface area contributed by atoms with Crippen LogP contribution in [0, 0.1) is 11.6 Å². The number of halogens is 2. The molecule has 19 heavy (non-hydrogen) atoms. The predicted octanol–water partition coefficient (Wildman–Crippen LogP) is 1.65. The molecule has 1 unspecified atom stereocenters. The molecule has 4 nitrogen and oxygen atoms in total. The van der Waals surface area contributed by atoms with Crippen molar-refractivity contribution in [2.24, 2.45) is 0 Å². The first-order valence-electron chi connectivity index (χ1n) is 5.51. The molecule has 1 aromatic carbocycles. The van der Waals surface area contributed by atoms with Crippen LogP contribution in [0.15, 0.2) is 30.9 Å². The largest absolute Gasteiger partial charge is 0.480 e. The van der Waals surface area contributed by atoms with Crippen molar-refractivity contribution in [1.29, 1.82) is 0 Å². The van der Waals surface area contributed by atoms with Crippen LogP contribution in [0.5, 0.6) is 0 Å². The molecule has 0 aromatic heterocycles. The van der Waals surface area contributed by atoms with Crippen LogP contribution in [0.4, 0.5) is 8.78 Å². The van der Waals surface area contributed by atoms with Gasteiger partial charge in [-0.1, -0.05) is 18.2 Å². The topological polar surface area (TPSA) is 66.4 Å². The van der Waals surface area contributed by atoms with Crippen LogP contribution in [-0.2, 0) is 16.0 Å². The van der Waals surface area contributed by atoms with Gasteiger partial charge in [-0.15, -0.1) is 6.58 Å². The number of hydrogen-bond donors (Lipinski definition) is 2. The Bertz CT molecular complexity index is 503. The zero-order valence-electron chi connectivity index (χ0n) is 10.0. The molecule has 0 fully saturated rings. The average molecular weight is 269 g/mol. The van der Waals surface area contributed by atoms with E-state index in [4.69, 9.17) is 5.11 Å². The fraction of sp³-hybridized carbons (Fsp3) is 0.231. The van der Waals surface area contributed by atoms with Gasteiger partial charge in [-0.2, -0.15) is 0 Å². The molecule has 0 aliphatic heterocycles. The maximum absolute atomic E-state index is 13.3. The fourth-order valence-electron chi connectivity index (χ4n) is 1.49. The molecule has 0 saturated carbocycles. The standard InChI is InChI=1S/C13H13F2NO3/c1-2-4-10(13(18)19)16-11(17)7-8-5-3-6-9(14)12(8)15/h2-3,5-6,10H,1,4,7H2,(H,16,17)(H,18,19). The maximum Gasteiger partial charge on any atom is 0.326 e. The van der Waals surface area contributed by atoms with Crippen LogP contribution in [0.3, 0.4) is 0 Å². The number of hydrogen-bond acceptors (Lipinski definition) is 2. The normalized spacial score (nSPS) is 11.7. The summed E-state index contributed by atoms with van der Waals surface area (Å²) in [5.74, 6) is -4.06. The van der Waals surface area contributed by atoms with E-state index in [-0.39, 0.29) is 12.0 Å². The lowest BCUT2D eigenvalue weighted by atomic mass is 10.1. The minimum Gasteiger partial charge on any atom is -0.480 e. The number of carboxylic acid groups (broad SMARTS) is 1. The Hall–Kier alpha value is -2.24. The van der Waals surface area contributed by atoms with Gasteiger partial charge in [-0.25, -0.2) is 13.6 Å². The third-order valence-electron chi connectivity index (χ3n) is 2.42. The highest BCUT2D eigenvalue weighted by atomic mass is 19.2. The van der Waals surface area contributed by atoms with Gasteiger partial charge in [0.15, 0.2) is 11.6 Å². The summed E-state index contributed by atoms with van der Waals surface area (Å²) < 4.78 is 26.2. The Balaban J connectivity index is 2.71. The molecule has 0 radical (unpaired) electrons. The lowest BCUT2D eigenvalue weighted by Gasteiger charge is -2.12. The number of nitrogens with one attached hydrogen (secondary N) is 1. The molecule has 0 aliphatic rings. The van der Waals surface area contributed by atoms with Gasteiger partial charge in [0.05, 0.1) is 6.42 Å². The second kappa shape index (κ2) is 6.63. The molecular formula is C13H13F2NO3. The SMILES string of the molecule is C=CCC(NC(=O)Cc1cccc(F)c1F)C(=O)O. The predicted molar refractivity (Wildman–Crippen MR) is 64.4 cm³/mol. The highest BCUT2D eigenvalue weighted by molar-refractivity contribution is 5.84. The summed E-state index contributed by atoms with van der Waals surface area (Å²) in [5.41, 5.74) is -0.125. The Morgan fingerprint density at radius 1 is 1.42 bits per heavy atom. The summed E-state index contributed by atoms with van der Waals surface area (Å²) in [7, 11) is 0. The van der Waals surface area contributed by atoms with Gasteiger partial charge in [0.1, 0.15) is 6.04 Å². The summed E-state index contributed by atoms with van der Waals surface area (Å²) in [4.78, 5) is 22.4. The van der Waals surface area contributed by atoms with E-state index in [1.54, 1.807) is 0 Å². The Morgan fingerprint density at radius 3 is 2.68 bits per heavy atom. The summed E-state index contributed by atoms with van der Waals surface area (Å²) in [6.07, 6.45) is 0.971. The molecule has 2 N–H and O–H groups in total. The molecular weight excluding hydrogens is 256 g/mol. The van der Waals surface area contributed by atoms with Crippen molar-refractivity contribution in [3.63, 3.8) is 0 Å². The molecule has 6 heteroatoms. The molecule has 1 atom stereocenters. The summed E-state index contributed by atoms with van der Waals surface area (Å²) >= 11 is 0. The minimum atomic E-state index is -1.21. The number of rotatable bonds is 6. The molecule has 1 rings (SSSR count). The molecule has 1 aromatic rings. The first kappa shape index (κ1) is 14.8. The van der Waals surface area contributed by atoms with E-state index in [2.05, 4.69) is 11.9 Å². The lowest BCUT2D eigenvalue weighted by molar-refractivity contribution is -0.141. The van der Waals surface area contributed by atoms with Crippen LogP contribution in [0.2, 0.25) is 0 Å². The van der Waals surface area contributed by atoms with Crippen LogP contribution in [-0.4, -0.2) is 23.0 Å². The van der Waals surface area contributed by atoms with E-state index in [1.165, 1.54) is 18.2 Å². The molecule has 0 aliphatic carbocycles. The smallest absolute Gasteiger partial charge is 0.326 e. The number of carbonyl (C=O) groups excluding carboxylic acids is 1. The average Bonchev–Trinajstić information content (AvgIpc) is 2.34. The molecule has 102 valence electrons. The van der Waals surface area contributed by atoms with E-state index in [0.717, 1.165) is 6.07 Å². The van der Waals surface area contributed by atoms with E-state index in [0.29, 0.717) is 0 Å². The van der Waals surface area contributed by atoms with E-state index < -0.39 is 36.0 Å². The molecule has 0 heterocycles. The Labute approximate surface area is 108 Å². The van der Waals surface area contributed by atoms with E-state index >= 15 is 0 Å². The van der Waals surface area contributed by atoms with Gasteiger partial charge in [-0.05, 0) is 12.5 Å². The second-order valence-corrected chi connectivity index (χ2v) is 3.87. The highest BCUT2D eigenvalue weighted by Crippen LogP contribution is 2.12. The number of carbonyl (C=O) groups is 2. The monoisotopic (exact) mass is 269 g/mol. The first-order valence-corrected chi connectivity index (χ1v) is 5.51. The van der Waals surface area contributed by atoms with Crippen molar-refractivity contribution in [2.45, 2.75) is 18.9 Å². The zero-order chi connectivity index (χ0) is 14.4. The van der Waals surface area contributed by atoms with Gasteiger partial charge < -0.3 is 10.4 Å². The number of carboxylic acids is 1. The number of benzene rings is 1. The minimum absolute atomic E-state index is 0.0483. The zero-order valence-corrected chi connectivity index (χ0v) is 10.0. The van der Waals surface area contributed by atoms with Gasteiger partial charge in [0.2, 0.25) is 5.91 Å². The first-order chi connectivity index (χ1) is 8.95. The second-order valence-electron chi connectivity index (χ2n) is 3.87. The third-order valence-corrected chi connectivity index (χ3v) is 2.42. The van der Waals surface area contributed by atoms with Gasteiger partial charge in [0.25, 0.3) is 0 Å². The Morgan fingerprint density at radius 2 is 2.11 bits per heavy atom. The molecule has 0 bridgehead atoms. The van der Waals surface area contributed by atoms with Crippen molar-refractivity contribution >= 4 is 11.9 Å². The van der Waals surface area contributed by atoms with E-state index in [9.17, 15) is 18.4 Å². The number of amides is 1. The van der Waals surface area contributed by atoms with Crippen molar-refractivity contribution in [2.75, 3.05) is 0 Å². The van der Waals surface area contributed by atoms with Gasteiger partial charge in [0, 0.05) is 5.56 Å². The van der Waals surface area contributed by atoms with Crippen molar-refractivity contribution in [3.05, 3.63) is 48.1 Å². The van der Waals surface area contributed by atoms with Crippen LogP contribution in [0.1, 0.15) is 12.0 Å². The summed E-state index contributed by atoms with van der Waals surface area (Å²) in [5, 5.41) is 11.0. The fourth-order valence-corrected chi connectivity index (χ4v) is 1.49. The quantitative estimate of drug-likeness (QED) is 0.772. The van der Waals surface area contributed by atoms with Gasteiger partial charge in [-0.3, -0.25) is 4.79 Å². The summed E-state index contributed by atoms with van der Waals surface area (Å²) in [6.45, 7) is 3.38. The molecule has 1 amide bonds. The van der Waals surface area contributed by atoms with Crippen molar-refractivity contribution in [3.8, 4) is 0 Å². The molecule has 0 saturated heterocycles. The van der Waals surface area contributed by atoms with Crippen molar-refractivity contribution < 1.29 is 23.5 Å². The third kappa shape index (κ3) is 4.17. The molecule has 0 spiro atoms. The number of aliphatic carboxylic acids is 1. The van der Waals surface area contributed by atoms with Crippen LogP contribution in [0.25, 0.3) is 0 Å². The highest BCUT2D eigenvalue weighted by Gasteiger charge is 2.19. The van der Waals surface area contributed by atoms with Gasteiger partial charge >= 0.3 is 5.97 Å². The summed E-state index contributed by atoms with van der Waals surface area (Å²) in [6, 6.07) is 2.36. The Kier molecular flexibility index (Phi) is 5.17. The van der Waals surface area contributed by atoms with Crippen LogP contribution >= 0.6 is 0 Å². The van der Waals surface area contributed by atoms with Crippen molar-refractivity contribution in [1.82, 2.24) is 5.32 Å². The maximum atomic E-state index is 13.3. The lowest BCUT2D eigenvalue weighted by Crippen LogP contribution is -2.41. The van der Waals surface area contributed by atoms with E-state index in [1.807, 2.05) is 0 Å².